The smallest absolute Gasteiger partial charge is 0.141 e. The first-order chi connectivity index (χ1) is 27.7. The number of nitrogens with zero attached hydrogens (tertiary/aromatic N) is 3. The minimum atomic E-state index is -0.472. The lowest BCUT2D eigenvalue weighted by atomic mass is 9.67. The average Bonchev–Trinajstić information content (AvgIpc) is 3.80. The second kappa shape index (κ2) is 12.8. The molecular formula is C53H37N3. The van der Waals surface area contributed by atoms with E-state index in [0.29, 0.717) is 0 Å². The monoisotopic (exact) mass is 715 g/mol. The van der Waals surface area contributed by atoms with Crippen LogP contribution in [-0.2, 0) is 12.0 Å². The van der Waals surface area contributed by atoms with E-state index in [1.807, 2.05) is 0 Å². The minimum Gasteiger partial charge on any atom is -0.324 e. The number of hydrogen-bond donors (Lipinski definition) is 0. The molecule has 1 aliphatic rings. The van der Waals surface area contributed by atoms with Crippen molar-refractivity contribution in [3.8, 4) is 44.9 Å². The van der Waals surface area contributed by atoms with Gasteiger partial charge in [-0.3, -0.25) is 0 Å². The molecular weight excluding hydrogens is 679 g/mol. The van der Waals surface area contributed by atoms with Crippen LogP contribution in [0.5, 0.6) is 0 Å². The van der Waals surface area contributed by atoms with E-state index in [0.717, 1.165) is 67.6 Å². The predicted octanol–water partition coefficient (Wildman–Crippen LogP) is 13.1. The molecule has 0 fully saturated rings. The number of pyridine rings is 1. The van der Waals surface area contributed by atoms with Crippen LogP contribution in [0.3, 0.4) is 0 Å². The second-order valence-electron chi connectivity index (χ2n) is 14.8. The molecule has 3 heteroatoms. The summed E-state index contributed by atoms with van der Waals surface area (Å²) in [5, 5.41) is 3.52. The van der Waals surface area contributed by atoms with Crippen LogP contribution in [0.15, 0.2) is 194 Å². The van der Waals surface area contributed by atoms with Gasteiger partial charge in [-0.05, 0) is 93.2 Å². The van der Waals surface area contributed by atoms with Crippen LogP contribution in [0, 0.1) is 0 Å². The maximum atomic E-state index is 5.43. The molecule has 0 unspecified atom stereocenters. The Bertz CT molecular complexity index is 3070. The van der Waals surface area contributed by atoms with Crippen LogP contribution >= 0.6 is 0 Å². The Morgan fingerprint density at radius 1 is 0.429 bits per heavy atom. The number of fused-ring (bicyclic) bond motifs is 7. The van der Waals surface area contributed by atoms with Gasteiger partial charge in [0.1, 0.15) is 5.82 Å². The Labute approximate surface area is 326 Å². The summed E-state index contributed by atoms with van der Waals surface area (Å²) < 4.78 is 2.29. The molecule has 3 nitrogen and oxygen atoms in total. The molecule has 0 saturated carbocycles. The van der Waals surface area contributed by atoms with E-state index in [1.54, 1.807) is 0 Å². The standard InChI is InChI=1S/C53H37N3/c1-2-56-50-27-14-13-26-49(50)55-52(56)36-30-28-35(29-31-36)37-16-15-17-38(32-37)51-45-33-44-41-22-9-11-24-46(41)53(39-18-5-3-6-19-39,40-20-7-4-8-21-40)47(44)34-43(45)42-23-10-12-25-48(42)54-51/h3-34H,2H2,1H3. The highest BCUT2D eigenvalue weighted by molar-refractivity contribution is 6.13. The molecule has 56 heavy (non-hydrogen) atoms. The first-order valence-corrected chi connectivity index (χ1v) is 19.5. The summed E-state index contributed by atoms with van der Waals surface area (Å²) in [5.74, 6) is 0.999. The van der Waals surface area contributed by atoms with Gasteiger partial charge in [-0.2, -0.15) is 0 Å². The zero-order valence-electron chi connectivity index (χ0n) is 31.0. The number of rotatable bonds is 6. The summed E-state index contributed by atoms with van der Waals surface area (Å²) in [7, 11) is 0. The highest BCUT2D eigenvalue weighted by atomic mass is 15.1. The third kappa shape index (κ3) is 4.77. The molecule has 2 aromatic heterocycles. The van der Waals surface area contributed by atoms with Crippen molar-refractivity contribution in [2.75, 3.05) is 0 Å². The number of aromatic nitrogens is 3. The van der Waals surface area contributed by atoms with Crippen molar-refractivity contribution in [3.05, 3.63) is 216 Å². The van der Waals surface area contributed by atoms with Crippen LogP contribution in [0.4, 0.5) is 0 Å². The Kier molecular flexibility index (Phi) is 7.36. The number of para-hydroxylation sites is 3. The molecule has 8 aromatic carbocycles. The molecule has 0 radical (unpaired) electrons. The topological polar surface area (TPSA) is 30.7 Å². The molecule has 0 bridgehead atoms. The van der Waals surface area contributed by atoms with Crippen LogP contribution in [-0.4, -0.2) is 14.5 Å². The Balaban J connectivity index is 1.10. The maximum Gasteiger partial charge on any atom is 0.141 e. The lowest BCUT2D eigenvalue weighted by Crippen LogP contribution is -2.28. The van der Waals surface area contributed by atoms with Crippen molar-refractivity contribution < 1.29 is 0 Å². The fourth-order valence-corrected chi connectivity index (χ4v) is 9.38. The van der Waals surface area contributed by atoms with E-state index in [2.05, 4.69) is 206 Å². The van der Waals surface area contributed by atoms with Gasteiger partial charge in [-0.1, -0.05) is 158 Å². The molecule has 10 aromatic rings. The lowest BCUT2D eigenvalue weighted by molar-refractivity contribution is 0.769. The Morgan fingerprint density at radius 2 is 1.07 bits per heavy atom. The summed E-state index contributed by atoms with van der Waals surface area (Å²) in [6.45, 7) is 3.04. The van der Waals surface area contributed by atoms with Crippen LogP contribution in [0.25, 0.3) is 77.6 Å². The third-order valence-corrected chi connectivity index (χ3v) is 11.9. The molecule has 1 aliphatic carbocycles. The van der Waals surface area contributed by atoms with Crippen molar-refractivity contribution in [2.24, 2.45) is 0 Å². The average molecular weight is 716 g/mol. The van der Waals surface area contributed by atoms with Gasteiger partial charge >= 0.3 is 0 Å². The fourth-order valence-electron chi connectivity index (χ4n) is 9.38. The van der Waals surface area contributed by atoms with E-state index in [9.17, 15) is 0 Å². The SMILES string of the molecule is CCn1c(-c2ccc(-c3cccc(-c4nc5ccccc5c5cc6c(cc45)-c4ccccc4C6(c4ccccc4)c4ccccc4)c3)cc2)nc2ccccc21. The second-order valence-corrected chi connectivity index (χ2v) is 14.8. The summed E-state index contributed by atoms with van der Waals surface area (Å²) in [4.78, 5) is 10.4. The van der Waals surface area contributed by atoms with Gasteiger partial charge in [0.2, 0.25) is 0 Å². The summed E-state index contributed by atoms with van der Waals surface area (Å²) in [6.07, 6.45) is 0. The normalized spacial score (nSPS) is 12.9. The van der Waals surface area contributed by atoms with Crippen molar-refractivity contribution in [1.29, 1.82) is 0 Å². The van der Waals surface area contributed by atoms with Crippen LogP contribution in [0.2, 0.25) is 0 Å². The fraction of sp³-hybridized carbons (Fsp3) is 0.0566. The van der Waals surface area contributed by atoms with Crippen molar-refractivity contribution in [1.82, 2.24) is 14.5 Å². The Hall–Kier alpha value is -7.10. The maximum absolute atomic E-state index is 5.43. The number of hydrogen-bond acceptors (Lipinski definition) is 2. The van der Waals surface area contributed by atoms with Gasteiger partial charge < -0.3 is 4.57 Å². The highest BCUT2D eigenvalue weighted by Crippen LogP contribution is 2.57. The van der Waals surface area contributed by atoms with Crippen molar-refractivity contribution >= 4 is 32.7 Å². The van der Waals surface area contributed by atoms with Gasteiger partial charge in [0, 0.05) is 28.4 Å². The summed E-state index contributed by atoms with van der Waals surface area (Å²) in [6, 6.07) is 70.6. The molecule has 0 spiro atoms. The lowest BCUT2D eigenvalue weighted by Gasteiger charge is -2.34. The number of imidazole rings is 1. The zero-order valence-corrected chi connectivity index (χ0v) is 31.0. The molecule has 264 valence electrons. The third-order valence-electron chi connectivity index (χ3n) is 11.9. The first-order valence-electron chi connectivity index (χ1n) is 19.5. The largest absolute Gasteiger partial charge is 0.324 e. The van der Waals surface area contributed by atoms with Crippen molar-refractivity contribution in [3.63, 3.8) is 0 Å². The highest BCUT2D eigenvalue weighted by Gasteiger charge is 2.46. The van der Waals surface area contributed by atoms with Gasteiger partial charge in [0.25, 0.3) is 0 Å². The number of aryl methyl sites for hydroxylation is 1. The van der Waals surface area contributed by atoms with Crippen molar-refractivity contribution in [2.45, 2.75) is 18.9 Å². The number of benzene rings is 8. The van der Waals surface area contributed by atoms with Gasteiger partial charge in [-0.15, -0.1) is 0 Å². The summed E-state index contributed by atoms with van der Waals surface area (Å²) in [5.41, 5.74) is 15.9. The van der Waals surface area contributed by atoms with E-state index in [-0.39, 0.29) is 0 Å². The molecule has 0 atom stereocenters. The Morgan fingerprint density at radius 3 is 1.84 bits per heavy atom. The predicted molar refractivity (Wildman–Crippen MR) is 232 cm³/mol. The molecule has 2 heterocycles. The van der Waals surface area contributed by atoms with Gasteiger partial charge in [0.05, 0.1) is 27.7 Å². The van der Waals surface area contributed by atoms with E-state index < -0.39 is 5.41 Å². The molecule has 0 aliphatic heterocycles. The summed E-state index contributed by atoms with van der Waals surface area (Å²) >= 11 is 0. The molecule has 11 rings (SSSR count). The quantitative estimate of drug-likeness (QED) is 0.161. The van der Waals surface area contributed by atoms with E-state index >= 15 is 0 Å². The molecule has 0 N–H and O–H groups in total. The minimum absolute atomic E-state index is 0.472. The zero-order chi connectivity index (χ0) is 37.2. The van der Waals surface area contributed by atoms with E-state index in [4.69, 9.17) is 9.97 Å². The first kappa shape index (κ1) is 32.3. The van der Waals surface area contributed by atoms with Gasteiger partial charge in [0.15, 0.2) is 0 Å². The van der Waals surface area contributed by atoms with E-state index in [1.165, 1.54) is 38.8 Å². The molecule has 0 saturated heterocycles. The van der Waals surface area contributed by atoms with Crippen LogP contribution in [0.1, 0.15) is 29.2 Å². The molecule has 0 amide bonds. The van der Waals surface area contributed by atoms with Gasteiger partial charge in [-0.25, -0.2) is 9.97 Å². The van der Waals surface area contributed by atoms with Crippen LogP contribution < -0.4 is 0 Å².